The van der Waals surface area contributed by atoms with E-state index in [4.69, 9.17) is 16.3 Å². The molecule has 0 saturated carbocycles. The molecule has 0 amide bonds. The van der Waals surface area contributed by atoms with Crippen molar-refractivity contribution in [1.29, 1.82) is 0 Å². The smallest absolute Gasteiger partial charge is 0.121 e. The number of alkyl halides is 1. The summed E-state index contributed by atoms with van der Waals surface area (Å²) >= 11 is 7.59. The van der Waals surface area contributed by atoms with Gasteiger partial charge in [0, 0.05) is 6.07 Å². The van der Waals surface area contributed by atoms with Crippen LogP contribution in [0.4, 0.5) is 0 Å². The lowest BCUT2D eigenvalue weighted by atomic mass is 10.3. The van der Waals surface area contributed by atoms with Crippen molar-refractivity contribution in [2.45, 2.75) is 12.3 Å². The highest BCUT2D eigenvalue weighted by molar-refractivity contribution is 7.18. The Hall–Kier alpha value is -0.800. The molecule has 14 heavy (non-hydrogen) atoms. The third-order valence-corrected chi connectivity index (χ3v) is 3.51. The highest BCUT2D eigenvalue weighted by Crippen LogP contribution is 2.31. The van der Waals surface area contributed by atoms with Crippen LogP contribution in [0.25, 0.3) is 10.2 Å². The molecule has 2 aromatic rings. The summed E-state index contributed by atoms with van der Waals surface area (Å²) in [5, 5.41) is 0.924. The molecule has 0 aliphatic carbocycles. The number of benzene rings is 1. The van der Waals surface area contributed by atoms with Crippen molar-refractivity contribution < 1.29 is 4.74 Å². The van der Waals surface area contributed by atoms with Gasteiger partial charge in [0.25, 0.3) is 0 Å². The van der Waals surface area contributed by atoms with Crippen LogP contribution in [0.5, 0.6) is 5.75 Å². The van der Waals surface area contributed by atoms with Gasteiger partial charge in [0.05, 0.1) is 22.7 Å². The van der Waals surface area contributed by atoms with Crippen LogP contribution in [0, 0.1) is 0 Å². The molecular formula is C10H10ClNOS. The van der Waals surface area contributed by atoms with Crippen molar-refractivity contribution in [2.24, 2.45) is 0 Å². The lowest BCUT2D eigenvalue weighted by Crippen LogP contribution is -1.82. The number of halogens is 1. The number of fused-ring (bicyclic) bond motifs is 1. The third kappa shape index (κ3) is 1.70. The minimum atomic E-state index is -0.0293. The molecule has 1 heterocycles. The Morgan fingerprint density at radius 2 is 2.29 bits per heavy atom. The SMILES string of the molecule is COc1ccc2sc(C(C)Cl)nc2c1. The summed E-state index contributed by atoms with van der Waals surface area (Å²) in [5.74, 6) is 0.830. The van der Waals surface area contributed by atoms with E-state index in [2.05, 4.69) is 4.98 Å². The molecule has 0 saturated heterocycles. The first kappa shape index (κ1) is 9.74. The van der Waals surface area contributed by atoms with E-state index >= 15 is 0 Å². The second-order valence-electron chi connectivity index (χ2n) is 3.00. The molecular weight excluding hydrogens is 218 g/mol. The summed E-state index contributed by atoms with van der Waals surface area (Å²) < 4.78 is 6.27. The molecule has 0 radical (unpaired) electrons. The highest BCUT2D eigenvalue weighted by Gasteiger charge is 2.08. The Morgan fingerprint density at radius 3 is 2.93 bits per heavy atom. The van der Waals surface area contributed by atoms with Crippen molar-refractivity contribution in [2.75, 3.05) is 7.11 Å². The summed E-state index contributed by atoms with van der Waals surface area (Å²) in [6.07, 6.45) is 0. The van der Waals surface area contributed by atoms with Gasteiger partial charge in [-0.05, 0) is 19.1 Å². The molecule has 4 heteroatoms. The monoisotopic (exact) mass is 227 g/mol. The van der Waals surface area contributed by atoms with E-state index in [0.29, 0.717) is 0 Å². The predicted molar refractivity (Wildman–Crippen MR) is 60.4 cm³/mol. The molecule has 0 fully saturated rings. The van der Waals surface area contributed by atoms with Crippen molar-refractivity contribution in [3.8, 4) is 5.75 Å². The summed E-state index contributed by atoms with van der Waals surface area (Å²) in [5.41, 5.74) is 0.955. The summed E-state index contributed by atoms with van der Waals surface area (Å²) in [7, 11) is 1.65. The van der Waals surface area contributed by atoms with Crippen LogP contribution < -0.4 is 4.74 Å². The van der Waals surface area contributed by atoms with Crippen LogP contribution in [-0.4, -0.2) is 12.1 Å². The Morgan fingerprint density at radius 1 is 1.50 bits per heavy atom. The van der Waals surface area contributed by atoms with Gasteiger partial charge < -0.3 is 4.74 Å². The minimum Gasteiger partial charge on any atom is -0.497 e. The van der Waals surface area contributed by atoms with Gasteiger partial charge >= 0.3 is 0 Å². The molecule has 74 valence electrons. The maximum absolute atomic E-state index is 5.96. The summed E-state index contributed by atoms with van der Waals surface area (Å²) in [4.78, 5) is 4.43. The van der Waals surface area contributed by atoms with Gasteiger partial charge in [0.1, 0.15) is 10.8 Å². The zero-order chi connectivity index (χ0) is 10.1. The highest BCUT2D eigenvalue weighted by atomic mass is 35.5. The average molecular weight is 228 g/mol. The number of methoxy groups -OCH3 is 1. The molecule has 1 aromatic heterocycles. The zero-order valence-corrected chi connectivity index (χ0v) is 9.52. The van der Waals surface area contributed by atoms with Gasteiger partial charge in [-0.15, -0.1) is 22.9 Å². The van der Waals surface area contributed by atoms with E-state index in [1.54, 1.807) is 18.4 Å². The standard InChI is InChI=1S/C10H10ClNOS/c1-6(11)10-12-8-5-7(13-2)3-4-9(8)14-10/h3-6H,1-2H3. The van der Waals surface area contributed by atoms with Gasteiger partial charge in [0.2, 0.25) is 0 Å². The number of hydrogen-bond donors (Lipinski definition) is 0. The van der Waals surface area contributed by atoms with Crippen molar-refractivity contribution in [3.63, 3.8) is 0 Å². The number of aromatic nitrogens is 1. The van der Waals surface area contributed by atoms with Gasteiger partial charge in [-0.3, -0.25) is 0 Å². The predicted octanol–water partition coefficient (Wildman–Crippen LogP) is 3.60. The maximum atomic E-state index is 5.96. The first-order chi connectivity index (χ1) is 6.70. The minimum absolute atomic E-state index is 0.0293. The molecule has 0 aliphatic rings. The first-order valence-electron chi connectivity index (χ1n) is 4.29. The summed E-state index contributed by atoms with van der Waals surface area (Å²) in [6, 6.07) is 5.87. The summed E-state index contributed by atoms with van der Waals surface area (Å²) in [6.45, 7) is 1.93. The second-order valence-corrected chi connectivity index (χ2v) is 4.72. The molecule has 2 nitrogen and oxygen atoms in total. The Bertz CT molecular complexity index is 452. The van der Waals surface area contributed by atoms with Crippen LogP contribution in [-0.2, 0) is 0 Å². The number of rotatable bonds is 2. The molecule has 0 N–H and O–H groups in total. The molecule has 1 unspecified atom stereocenters. The number of nitrogens with zero attached hydrogens (tertiary/aromatic N) is 1. The van der Waals surface area contributed by atoms with E-state index in [1.807, 2.05) is 25.1 Å². The van der Waals surface area contributed by atoms with E-state index in [0.717, 1.165) is 21.0 Å². The van der Waals surface area contributed by atoms with Crippen LogP contribution in [0.2, 0.25) is 0 Å². The Labute approximate surface area is 91.5 Å². The van der Waals surface area contributed by atoms with Gasteiger partial charge in [-0.1, -0.05) is 0 Å². The molecule has 1 aromatic carbocycles. The van der Waals surface area contributed by atoms with E-state index < -0.39 is 0 Å². The molecule has 0 bridgehead atoms. The topological polar surface area (TPSA) is 22.1 Å². The maximum Gasteiger partial charge on any atom is 0.121 e. The number of ether oxygens (including phenoxy) is 1. The zero-order valence-electron chi connectivity index (χ0n) is 7.95. The Balaban J connectivity index is 2.54. The van der Waals surface area contributed by atoms with Crippen molar-refractivity contribution >= 4 is 33.2 Å². The average Bonchev–Trinajstić information content (AvgIpc) is 2.59. The fraction of sp³-hybridized carbons (Fsp3) is 0.300. The van der Waals surface area contributed by atoms with Gasteiger partial charge in [0.15, 0.2) is 0 Å². The first-order valence-corrected chi connectivity index (χ1v) is 5.54. The number of thiazole rings is 1. The lowest BCUT2D eigenvalue weighted by Gasteiger charge is -1.96. The molecule has 2 rings (SSSR count). The second kappa shape index (κ2) is 3.75. The van der Waals surface area contributed by atoms with Gasteiger partial charge in [-0.2, -0.15) is 0 Å². The van der Waals surface area contributed by atoms with Crippen molar-refractivity contribution in [1.82, 2.24) is 4.98 Å². The third-order valence-electron chi connectivity index (χ3n) is 1.95. The van der Waals surface area contributed by atoms with E-state index in [1.165, 1.54) is 0 Å². The largest absolute Gasteiger partial charge is 0.497 e. The van der Waals surface area contributed by atoms with Gasteiger partial charge in [-0.25, -0.2) is 4.98 Å². The fourth-order valence-electron chi connectivity index (χ4n) is 1.22. The normalized spacial score (nSPS) is 13.1. The molecule has 0 aliphatic heterocycles. The number of hydrogen-bond acceptors (Lipinski definition) is 3. The lowest BCUT2D eigenvalue weighted by molar-refractivity contribution is 0.415. The van der Waals surface area contributed by atoms with Crippen molar-refractivity contribution in [3.05, 3.63) is 23.2 Å². The van der Waals surface area contributed by atoms with E-state index in [-0.39, 0.29) is 5.38 Å². The Kier molecular flexibility index (Phi) is 2.61. The van der Waals surface area contributed by atoms with Crippen LogP contribution >= 0.6 is 22.9 Å². The van der Waals surface area contributed by atoms with Crippen LogP contribution in [0.1, 0.15) is 17.3 Å². The molecule has 1 atom stereocenters. The van der Waals surface area contributed by atoms with Crippen LogP contribution in [0.15, 0.2) is 18.2 Å². The fourth-order valence-corrected chi connectivity index (χ4v) is 2.28. The molecule has 0 spiro atoms. The quantitative estimate of drug-likeness (QED) is 0.732. The van der Waals surface area contributed by atoms with Crippen LogP contribution in [0.3, 0.4) is 0 Å². The van der Waals surface area contributed by atoms with E-state index in [9.17, 15) is 0 Å².